The summed E-state index contributed by atoms with van der Waals surface area (Å²) >= 11 is 0. The van der Waals surface area contributed by atoms with E-state index in [0.29, 0.717) is 23.5 Å². The Bertz CT molecular complexity index is 427. The normalized spacial score (nSPS) is 48.1. The molecule has 0 bridgehead atoms. The molecule has 1 saturated carbocycles. The first-order valence-corrected chi connectivity index (χ1v) is 6.33. The molecule has 0 saturated heterocycles. The highest BCUT2D eigenvalue weighted by Gasteiger charge is 2.61. The second-order valence-corrected chi connectivity index (χ2v) is 6.69. The standard InChI is InChI=1S/C15H20O/c1-9-7-10-11(8-9)13(16)15(4)6-5-14(2,3)12(10)15/h5-6,8-10,12H,7H2,1-4H3/t9?,10-,12-,15+/m1/s1. The molecule has 16 heavy (non-hydrogen) atoms. The monoisotopic (exact) mass is 216 g/mol. The van der Waals surface area contributed by atoms with Gasteiger partial charge in [0.05, 0.1) is 5.41 Å². The van der Waals surface area contributed by atoms with Crippen molar-refractivity contribution in [2.45, 2.75) is 34.1 Å². The van der Waals surface area contributed by atoms with Gasteiger partial charge < -0.3 is 0 Å². The van der Waals surface area contributed by atoms with Crippen LogP contribution in [0.3, 0.4) is 0 Å². The Hall–Kier alpha value is -0.850. The Labute approximate surface area is 97.6 Å². The molecule has 1 heteroatoms. The molecule has 0 spiro atoms. The number of carbonyl (C=O) groups excluding carboxylic acids is 1. The van der Waals surface area contributed by atoms with Crippen LogP contribution >= 0.6 is 0 Å². The van der Waals surface area contributed by atoms with Crippen LogP contribution in [0.15, 0.2) is 23.8 Å². The summed E-state index contributed by atoms with van der Waals surface area (Å²) < 4.78 is 0. The van der Waals surface area contributed by atoms with Crippen molar-refractivity contribution in [1.82, 2.24) is 0 Å². The molecule has 4 atom stereocenters. The Balaban J connectivity index is 2.13. The molecular weight excluding hydrogens is 196 g/mol. The van der Waals surface area contributed by atoms with E-state index in [1.807, 2.05) is 0 Å². The molecular formula is C15H20O. The van der Waals surface area contributed by atoms with E-state index in [1.165, 1.54) is 6.42 Å². The SMILES string of the molecule is CC1C=C2C(=O)[C@@]3(C)C=CC(C)(C)[C@H]3[C@@H]2C1. The summed E-state index contributed by atoms with van der Waals surface area (Å²) in [4.78, 5) is 12.5. The van der Waals surface area contributed by atoms with Crippen molar-refractivity contribution in [3.05, 3.63) is 23.8 Å². The van der Waals surface area contributed by atoms with Gasteiger partial charge in [-0.25, -0.2) is 0 Å². The number of hydrogen-bond acceptors (Lipinski definition) is 1. The van der Waals surface area contributed by atoms with Crippen molar-refractivity contribution in [1.29, 1.82) is 0 Å². The summed E-state index contributed by atoms with van der Waals surface area (Å²) in [7, 11) is 0. The zero-order chi connectivity index (χ0) is 11.7. The lowest BCUT2D eigenvalue weighted by Gasteiger charge is -2.34. The highest BCUT2D eigenvalue weighted by atomic mass is 16.1. The maximum atomic E-state index is 12.5. The molecule has 1 unspecified atom stereocenters. The minimum atomic E-state index is -0.208. The Morgan fingerprint density at radius 1 is 1.25 bits per heavy atom. The molecule has 0 N–H and O–H groups in total. The molecule has 86 valence electrons. The van der Waals surface area contributed by atoms with E-state index in [0.717, 1.165) is 5.57 Å². The summed E-state index contributed by atoms with van der Waals surface area (Å²) in [6.07, 6.45) is 7.83. The van der Waals surface area contributed by atoms with Crippen molar-refractivity contribution < 1.29 is 4.79 Å². The second-order valence-electron chi connectivity index (χ2n) is 6.69. The second kappa shape index (κ2) is 2.69. The Morgan fingerprint density at radius 3 is 2.62 bits per heavy atom. The predicted molar refractivity (Wildman–Crippen MR) is 64.9 cm³/mol. The molecule has 0 aromatic carbocycles. The van der Waals surface area contributed by atoms with E-state index in [1.54, 1.807) is 0 Å². The molecule has 1 nitrogen and oxygen atoms in total. The fraction of sp³-hybridized carbons (Fsp3) is 0.667. The first kappa shape index (κ1) is 10.3. The molecule has 3 aliphatic carbocycles. The third kappa shape index (κ3) is 0.996. The highest BCUT2D eigenvalue weighted by molar-refractivity contribution is 6.05. The van der Waals surface area contributed by atoms with E-state index < -0.39 is 0 Å². The van der Waals surface area contributed by atoms with E-state index in [-0.39, 0.29) is 10.8 Å². The molecule has 1 fully saturated rings. The maximum absolute atomic E-state index is 12.5. The largest absolute Gasteiger partial charge is 0.294 e. The first-order chi connectivity index (χ1) is 7.36. The van der Waals surface area contributed by atoms with Gasteiger partial charge in [0.15, 0.2) is 5.78 Å². The Morgan fingerprint density at radius 2 is 1.94 bits per heavy atom. The first-order valence-electron chi connectivity index (χ1n) is 6.33. The van der Waals surface area contributed by atoms with Crippen molar-refractivity contribution in [3.63, 3.8) is 0 Å². The number of Topliss-reactive ketones (excluding diaryl/α,β-unsaturated/α-hetero) is 1. The minimum Gasteiger partial charge on any atom is -0.294 e. The van der Waals surface area contributed by atoms with Gasteiger partial charge in [0, 0.05) is 0 Å². The van der Waals surface area contributed by atoms with Crippen LogP contribution in [0.25, 0.3) is 0 Å². The van der Waals surface area contributed by atoms with Crippen LogP contribution in [0, 0.1) is 28.6 Å². The van der Waals surface area contributed by atoms with Gasteiger partial charge >= 0.3 is 0 Å². The molecule has 3 aliphatic rings. The van der Waals surface area contributed by atoms with E-state index in [2.05, 4.69) is 45.9 Å². The maximum Gasteiger partial charge on any atom is 0.168 e. The zero-order valence-corrected chi connectivity index (χ0v) is 10.6. The predicted octanol–water partition coefficient (Wildman–Crippen LogP) is 3.37. The van der Waals surface area contributed by atoms with Gasteiger partial charge in [-0.3, -0.25) is 4.79 Å². The molecule has 3 rings (SSSR count). The average Bonchev–Trinajstić information content (AvgIpc) is 2.70. The lowest BCUT2D eigenvalue weighted by atomic mass is 9.68. The van der Waals surface area contributed by atoms with Crippen LogP contribution in [0.1, 0.15) is 34.1 Å². The van der Waals surface area contributed by atoms with E-state index in [9.17, 15) is 4.79 Å². The number of allylic oxidation sites excluding steroid dienone is 4. The van der Waals surface area contributed by atoms with Gasteiger partial charge in [0.25, 0.3) is 0 Å². The van der Waals surface area contributed by atoms with Crippen LogP contribution in [-0.4, -0.2) is 5.78 Å². The quantitative estimate of drug-likeness (QED) is 0.567. The molecule has 0 amide bonds. The number of hydrogen-bond donors (Lipinski definition) is 0. The van der Waals surface area contributed by atoms with E-state index >= 15 is 0 Å². The fourth-order valence-corrected chi connectivity index (χ4v) is 4.42. The van der Waals surface area contributed by atoms with Crippen LogP contribution in [-0.2, 0) is 4.79 Å². The average molecular weight is 216 g/mol. The zero-order valence-electron chi connectivity index (χ0n) is 10.6. The number of carbonyl (C=O) groups is 1. The van der Waals surface area contributed by atoms with Crippen molar-refractivity contribution in [2.75, 3.05) is 0 Å². The van der Waals surface area contributed by atoms with Gasteiger partial charge in [-0.2, -0.15) is 0 Å². The summed E-state index contributed by atoms with van der Waals surface area (Å²) in [5.74, 6) is 1.99. The summed E-state index contributed by atoms with van der Waals surface area (Å²) in [6, 6.07) is 0. The van der Waals surface area contributed by atoms with Crippen LogP contribution < -0.4 is 0 Å². The fourth-order valence-electron chi connectivity index (χ4n) is 4.42. The third-order valence-electron chi connectivity index (χ3n) is 4.95. The topological polar surface area (TPSA) is 17.1 Å². The Kier molecular flexibility index (Phi) is 1.74. The lowest BCUT2D eigenvalue weighted by molar-refractivity contribution is -0.121. The summed E-state index contributed by atoms with van der Waals surface area (Å²) in [6.45, 7) is 8.91. The molecule has 0 aromatic rings. The van der Waals surface area contributed by atoms with Gasteiger partial charge in [-0.15, -0.1) is 0 Å². The summed E-state index contributed by atoms with van der Waals surface area (Å²) in [5.41, 5.74) is 1.10. The van der Waals surface area contributed by atoms with Crippen LogP contribution in [0.2, 0.25) is 0 Å². The van der Waals surface area contributed by atoms with Crippen molar-refractivity contribution in [2.24, 2.45) is 28.6 Å². The number of ketones is 1. The van der Waals surface area contributed by atoms with Gasteiger partial charge in [0.2, 0.25) is 0 Å². The molecule has 0 heterocycles. The third-order valence-corrected chi connectivity index (χ3v) is 4.95. The minimum absolute atomic E-state index is 0.175. The molecule has 0 radical (unpaired) electrons. The van der Waals surface area contributed by atoms with Gasteiger partial charge in [-0.05, 0) is 42.1 Å². The van der Waals surface area contributed by atoms with E-state index in [4.69, 9.17) is 0 Å². The van der Waals surface area contributed by atoms with Crippen molar-refractivity contribution >= 4 is 5.78 Å². The van der Waals surface area contributed by atoms with Crippen LogP contribution in [0.4, 0.5) is 0 Å². The number of fused-ring (bicyclic) bond motifs is 3. The van der Waals surface area contributed by atoms with Gasteiger partial charge in [0.1, 0.15) is 0 Å². The molecule has 0 aliphatic heterocycles. The van der Waals surface area contributed by atoms with Crippen LogP contribution in [0.5, 0.6) is 0 Å². The molecule has 0 aromatic heterocycles. The highest BCUT2D eigenvalue weighted by Crippen LogP contribution is 2.63. The summed E-state index contributed by atoms with van der Waals surface area (Å²) in [5, 5.41) is 0. The van der Waals surface area contributed by atoms with Gasteiger partial charge in [-0.1, -0.05) is 39.0 Å². The van der Waals surface area contributed by atoms with Crippen molar-refractivity contribution in [3.8, 4) is 0 Å². The lowest BCUT2D eigenvalue weighted by Crippen LogP contribution is -2.33. The smallest absolute Gasteiger partial charge is 0.168 e. The number of rotatable bonds is 0.